The molecule has 0 atom stereocenters. The highest BCUT2D eigenvalue weighted by Gasteiger charge is 2.14. The van der Waals surface area contributed by atoms with Crippen molar-refractivity contribution in [3.05, 3.63) is 46.3 Å². The van der Waals surface area contributed by atoms with Gasteiger partial charge < -0.3 is 4.52 Å². The third-order valence-electron chi connectivity index (χ3n) is 2.80. The Hall–Kier alpha value is -1.37. The molecule has 0 amide bonds. The number of hydrogen-bond donors (Lipinski definition) is 1. The van der Waals surface area contributed by atoms with Gasteiger partial charge in [-0.05, 0) is 31.5 Å². The summed E-state index contributed by atoms with van der Waals surface area (Å²) in [5, 5.41) is 4.23. The van der Waals surface area contributed by atoms with Crippen molar-refractivity contribution in [2.45, 2.75) is 25.2 Å². The van der Waals surface area contributed by atoms with Gasteiger partial charge in [0.05, 0.1) is 10.6 Å². The molecule has 0 unspecified atom stereocenters. The molecule has 0 aliphatic carbocycles. The van der Waals surface area contributed by atoms with E-state index in [1.54, 1.807) is 19.1 Å². The molecular formula is C13H15ClN2O3S. The SMILES string of the molecule is Cc1cc(CCNS(=O)(=O)c2ccc(C)c(Cl)c2)no1. The zero-order chi connectivity index (χ0) is 14.8. The topological polar surface area (TPSA) is 72.2 Å². The van der Waals surface area contributed by atoms with Crippen LogP contribution in [0.5, 0.6) is 0 Å². The maximum absolute atomic E-state index is 12.1. The maximum atomic E-state index is 12.1. The van der Waals surface area contributed by atoms with Gasteiger partial charge in [-0.3, -0.25) is 0 Å². The first-order valence-corrected chi connectivity index (χ1v) is 7.92. The molecule has 5 nitrogen and oxygen atoms in total. The fourth-order valence-corrected chi connectivity index (χ4v) is 2.98. The summed E-state index contributed by atoms with van der Waals surface area (Å²) in [6.45, 7) is 3.86. The Balaban J connectivity index is 2.02. The molecule has 2 aromatic rings. The van der Waals surface area contributed by atoms with Crippen molar-refractivity contribution in [2.24, 2.45) is 0 Å². The van der Waals surface area contributed by atoms with Crippen LogP contribution in [0.2, 0.25) is 5.02 Å². The summed E-state index contributed by atoms with van der Waals surface area (Å²) >= 11 is 5.94. The average Bonchev–Trinajstić information content (AvgIpc) is 2.78. The van der Waals surface area contributed by atoms with Crippen molar-refractivity contribution in [1.29, 1.82) is 0 Å². The third-order valence-corrected chi connectivity index (χ3v) is 4.67. The van der Waals surface area contributed by atoms with Crippen LogP contribution in [-0.4, -0.2) is 20.1 Å². The quantitative estimate of drug-likeness (QED) is 0.920. The Morgan fingerprint density at radius 3 is 2.65 bits per heavy atom. The minimum Gasteiger partial charge on any atom is -0.361 e. The van der Waals surface area contributed by atoms with Crippen LogP contribution in [0.4, 0.5) is 0 Å². The van der Waals surface area contributed by atoms with E-state index in [0.717, 1.165) is 5.56 Å². The van der Waals surface area contributed by atoms with Crippen molar-refractivity contribution in [3.63, 3.8) is 0 Å². The summed E-state index contributed by atoms with van der Waals surface area (Å²) in [7, 11) is -3.56. The summed E-state index contributed by atoms with van der Waals surface area (Å²) in [6.07, 6.45) is 0.468. The van der Waals surface area contributed by atoms with E-state index in [1.807, 2.05) is 6.92 Å². The molecule has 2 rings (SSSR count). The first kappa shape index (κ1) is 15.0. The van der Waals surface area contributed by atoms with Gasteiger partial charge in [-0.2, -0.15) is 0 Å². The minimum atomic E-state index is -3.56. The zero-order valence-corrected chi connectivity index (χ0v) is 12.8. The van der Waals surface area contributed by atoms with Crippen LogP contribution in [0.15, 0.2) is 33.7 Å². The number of rotatable bonds is 5. The standard InChI is InChI=1S/C13H15ClN2O3S/c1-9-3-4-12(8-13(9)14)20(17,18)15-6-5-11-7-10(2)19-16-11/h3-4,7-8,15H,5-6H2,1-2H3. The van der Waals surface area contributed by atoms with E-state index in [2.05, 4.69) is 9.88 Å². The van der Waals surface area contributed by atoms with Crippen LogP contribution >= 0.6 is 11.6 Å². The average molecular weight is 315 g/mol. The maximum Gasteiger partial charge on any atom is 0.240 e. The summed E-state index contributed by atoms with van der Waals surface area (Å²) in [4.78, 5) is 0.157. The molecule has 0 bridgehead atoms. The lowest BCUT2D eigenvalue weighted by atomic mass is 10.2. The molecule has 0 saturated heterocycles. The zero-order valence-electron chi connectivity index (χ0n) is 11.2. The second kappa shape index (κ2) is 5.95. The predicted molar refractivity (Wildman–Crippen MR) is 76.3 cm³/mol. The predicted octanol–water partition coefficient (Wildman–Crippen LogP) is 2.47. The highest BCUT2D eigenvalue weighted by molar-refractivity contribution is 7.89. The van der Waals surface area contributed by atoms with Gasteiger partial charge in [-0.15, -0.1) is 0 Å². The number of aromatic nitrogens is 1. The highest BCUT2D eigenvalue weighted by Crippen LogP contribution is 2.19. The molecule has 1 aromatic carbocycles. The largest absolute Gasteiger partial charge is 0.361 e. The Kier molecular flexibility index (Phi) is 4.47. The molecule has 0 aliphatic heterocycles. The Morgan fingerprint density at radius 2 is 2.05 bits per heavy atom. The molecule has 20 heavy (non-hydrogen) atoms. The molecule has 0 aliphatic rings. The monoisotopic (exact) mass is 314 g/mol. The number of nitrogens with zero attached hydrogens (tertiary/aromatic N) is 1. The number of sulfonamides is 1. The number of nitrogens with one attached hydrogen (secondary N) is 1. The molecule has 0 fully saturated rings. The number of benzene rings is 1. The van der Waals surface area contributed by atoms with E-state index in [0.29, 0.717) is 22.9 Å². The van der Waals surface area contributed by atoms with Gasteiger partial charge in [-0.1, -0.05) is 22.8 Å². The van der Waals surface area contributed by atoms with Gasteiger partial charge in [0.2, 0.25) is 10.0 Å². The number of halogens is 1. The Labute approximate surface area is 123 Å². The lowest BCUT2D eigenvalue weighted by molar-refractivity contribution is 0.390. The van der Waals surface area contributed by atoms with Gasteiger partial charge in [0.25, 0.3) is 0 Å². The van der Waals surface area contributed by atoms with Crippen LogP contribution in [0.1, 0.15) is 17.0 Å². The minimum absolute atomic E-state index is 0.157. The summed E-state index contributed by atoms with van der Waals surface area (Å²) in [5.74, 6) is 0.702. The number of aryl methyl sites for hydroxylation is 2. The molecule has 0 saturated carbocycles. The van der Waals surface area contributed by atoms with Gasteiger partial charge in [0, 0.05) is 24.1 Å². The van der Waals surface area contributed by atoms with E-state index in [4.69, 9.17) is 16.1 Å². The Morgan fingerprint density at radius 1 is 1.30 bits per heavy atom. The molecule has 0 radical (unpaired) electrons. The van der Waals surface area contributed by atoms with Gasteiger partial charge in [0.15, 0.2) is 0 Å². The summed E-state index contributed by atoms with van der Waals surface area (Å²) in [5.41, 5.74) is 1.55. The van der Waals surface area contributed by atoms with Crippen molar-refractivity contribution in [2.75, 3.05) is 6.54 Å². The summed E-state index contributed by atoms with van der Waals surface area (Å²) < 4.78 is 31.6. The van der Waals surface area contributed by atoms with E-state index in [-0.39, 0.29) is 11.4 Å². The second-order valence-corrected chi connectivity index (χ2v) is 6.66. The first-order chi connectivity index (χ1) is 9.38. The molecule has 1 heterocycles. The van der Waals surface area contributed by atoms with Crippen LogP contribution in [0, 0.1) is 13.8 Å². The number of hydrogen-bond acceptors (Lipinski definition) is 4. The van der Waals surface area contributed by atoms with Gasteiger partial charge in [0.1, 0.15) is 5.76 Å². The smallest absolute Gasteiger partial charge is 0.240 e. The third kappa shape index (κ3) is 3.59. The molecule has 7 heteroatoms. The Bertz CT molecular complexity index is 710. The van der Waals surface area contributed by atoms with E-state index in [9.17, 15) is 8.42 Å². The molecular weight excluding hydrogens is 300 g/mol. The van der Waals surface area contributed by atoms with E-state index < -0.39 is 10.0 Å². The molecule has 108 valence electrons. The van der Waals surface area contributed by atoms with E-state index in [1.165, 1.54) is 12.1 Å². The molecule has 0 spiro atoms. The van der Waals surface area contributed by atoms with Crippen LogP contribution in [0.3, 0.4) is 0 Å². The van der Waals surface area contributed by atoms with E-state index >= 15 is 0 Å². The van der Waals surface area contributed by atoms with Gasteiger partial charge >= 0.3 is 0 Å². The van der Waals surface area contributed by atoms with Crippen LogP contribution < -0.4 is 4.72 Å². The normalized spacial score (nSPS) is 11.8. The fraction of sp³-hybridized carbons (Fsp3) is 0.308. The first-order valence-electron chi connectivity index (χ1n) is 6.06. The summed E-state index contributed by atoms with van der Waals surface area (Å²) in [6, 6.07) is 6.43. The lowest BCUT2D eigenvalue weighted by Gasteiger charge is -2.07. The fourth-order valence-electron chi connectivity index (χ4n) is 1.67. The van der Waals surface area contributed by atoms with Crippen LogP contribution in [0.25, 0.3) is 0 Å². The van der Waals surface area contributed by atoms with Crippen molar-refractivity contribution in [1.82, 2.24) is 9.88 Å². The van der Waals surface area contributed by atoms with Crippen molar-refractivity contribution in [3.8, 4) is 0 Å². The van der Waals surface area contributed by atoms with Crippen molar-refractivity contribution >= 4 is 21.6 Å². The highest BCUT2D eigenvalue weighted by atomic mass is 35.5. The van der Waals surface area contributed by atoms with Gasteiger partial charge in [-0.25, -0.2) is 13.1 Å². The lowest BCUT2D eigenvalue weighted by Crippen LogP contribution is -2.26. The molecule has 1 N–H and O–H groups in total. The van der Waals surface area contributed by atoms with Crippen molar-refractivity contribution < 1.29 is 12.9 Å². The van der Waals surface area contributed by atoms with Crippen LogP contribution in [-0.2, 0) is 16.4 Å². The second-order valence-electron chi connectivity index (χ2n) is 4.49. The molecule has 1 aromatic heterocycles.